The molecule has 2 atom stereocenters. The van der Waals surface area contributed by atoms with Crippen LogP contribution in [0.4, 0.5) is 15.0 Å². The molecule has 2 saturated heterocycles. The standard InChI is InChI=1S/C29H30FN7O4/c1-29(2,3)41-28(39)36-14-20-26(27(36)38)21(12-19(32-20)25-17(13-31)6-5-7-18(25)30)37-9-8-24(33-37)35-15-22-23(16-35)40-11-10-34(22)4/h5-9,12,22-23H,10-11,14-16H2,1-4H3/t22-,23?/m0/s1. The Labute approximate surface area is 236 Å². The molecule has 6 rings (SSSR count). The summed E-state index contributed by atoms with van der Waals surface area (Å²) in [6, 6.07) is 9.85. The highest BCUT2D eigenvalue weighted by molar-refractivity contribution is 6.08. The number of carbonyl (C=O) groups excluding carboxylic acids is 2. The Bertz CT molecular complexity index is 1590. The number of nitrogens with zero attached hydrogens (tertiary/aromatic N) is 7. The van der Waals surface area contributed by atoms with Crippen LogP contribution < -0.4 is 4.90 Å². The number of aromatic nitrogens is 3. The number of benzene rings is 1. The van der Waals surface area contributed by atoms with E-state index in [1.54, 1.807) is 27.0 Å². The van der Waals surface area contributed by atoms with Crippen LogP contribution in [0.2, 0.25) is 0 Å². The van der Waals surface area contributed by atoms with Gasteiger partial charge in [-0.1, -0.05) is 6.07 Å². The Kier molecular flexibility index (Phi) is 6.51. The Morgan fingerprint density at radius 2 is 2.02 bits per heavy atom. The number of imide groups is 1. The number of amides is 2. The van der Waals surface area contributed by atoms with Gasteiger partial charge >= 0.3 is 6.09 Å². The number of ether oxygens (including phenoxy) is 2. The lowest BCUT2D eigenvalue weighted by Gasteiger charge is -2.33. The zero-order chi connectivity index (χ0) is 29.1. The third-order valence-corrected chi connectivity index (χ3v) is 7.57. The highest BCUT2D eigenvalue weighted by Crippen LogP contribution is 2.35. The van der Waals surface area contributed by atoms with E-state index in [0.29, 0.717) is 24.7 Å². The molecule has 0 aliphatic carbocycles. The minimum absolute atomic E-state index is 0.0124. The van der Waals surface area contributed by atoms with Crippen LogP contribution in [-0.4, -0.2) is 87.6 Å². The number of hydrogen-bond acceptors (Lipinski definition) is 9. The van der Waals surface area contributed by atoms with E-state index in [1.165, 1.54) is 28.9 Å². The quantitative estimate of drug-likeness (QED) is 0.476. The molecule has 1 aromatic carbocycles. The fourth-order valence-corrected chi connectivity index (χ4v) is 5.60. The summed E-state index contributed by atoms with van der Waals surface area (Å²) in [6.07, 6.45) is 0.990. The van der Waals surface area contributed by atoms with Gasteiger partial charge in [0.1, 0.15) is 11.4 Å². The number of likely N-dealkylation sites (N-methyl/N-ethyl adjacent to an activating group) is 1. The van der Waals surface area contributed by atoms with E-state index in [1.807, 2.05) is 12.1 Å². The Hall–Kier alpha value is -4.34. The van der Waals surface area contributed by atoms with Crippen LogP contribution in [0.1, 0.15) is 42.4 Å². The number of morpholine rings is 1. The molecule has 0 radical (unpaired) electrons. The summed E-state index contributed by atoms with van der Waals surface area (Å²) in [5, 5.41) is 14.5. The number of nitriles is 1. The number of pyridine rings is 1. The van der Waals surface area contributed by atoms with Crippen molar-refractivity contribution in [3.8, 4) is 23.0 Å². The maximum absolute atomic E-state index is 15.1. The molecule has 11 nitrogen and oxygen atoms in total. The van der Waals surface area contributed by atoms with E-state index >= 15 is 4.39 Å². The number of rotatable bonds is 3. The molecule has 3 aromatic rings. The molecular weight excluding hydrogens is 529 g/mol. The molecule has 0 spiro atoms. The number of halogens is 1. The summed E-state index contributed by atoms with van der Waals surface area (Å²) in [4.78, 5) is 36.5. The Morgan fingerprint density at radius 1 is 1.22 bits per heavy atom. The first-order chi connectivity index (χ1) is 19.5. The monoisotopic (exact) mass is 559 g/mol. The molecule has 12 heteroatoms. The molecule has 2 amide bonds. The van der Waals surface area contributed by atoms with Crippen molar-refractivity contribution in [2.45, 2.75) is 45.1 Å². The van der Waals surface area contributed by atoms with Crippen LogP contribution in [0, 0.1) is 17.1 Å². The van der Waals surface area contributed by atoms with Gasteiger partial charge in [-0.2, -0.15) is 10.4 Å². The highest BCUT2D eigenvalue weighted by Gasteiger charge is 2.41. The second kappa shape index (κ2) is 9.94. The molecular formula is C29H30FN7O4. The average molecular weight is 560 g/mol. The second-order valence-electron chi connectivity index (χ2n) is 11.5. The van der Waals surface area contributed by atoms with Crippen LogP contribution in [0.3, 0.4) is 0 Å². The van der Waals surface area contributed by atoms with Crippen molar-refractivity contribution in [1.29, 1.82) is 5.26 Å². The molecule has 3 aliphatic rings. The first kappa shape index (κ1) is 26.9. The van der Waals surface area contributed by atoms with Crippen molar-refractivity contribution in [2.75, 3.05) is 38.2 Å². The lowest BCUT2D eigenvalue weighted by molar-refractivity contribution is -0.0362. The lowest BCUT2D eigenvalue weighted by atomic mass is 10.0. The largest absolute Gasteiger partial charge is 0.443 e. The predicted octanol–water partition coefficient (Wildman–Crippen LogP) is 3.36. The first-order valence-corrected chi connectivity index (χ1v) is 13.4. The smallest absolute Gasteiger partial charge is 0.417 e. The van der Waals surface area contributed by atoms with Crippen LogP contribution in [-0.2, 0) is 16.0 Å². The fourth-order valence-electron chi connectivity index (χ4n) is 5.60. The van der Waals surface area contributed by atoms with E-state index in [9.17, 15) is 14.9 Å². The van der Waals surface area contributed by atoms with Gasteiger partial charge < -0.3 is 14.4 Å². The van der Waals surface area contributed by atoms with Gasteiger partial charge in [-0.05, 0) is 46.0 Å². The molecule has 3 aliphatic heterocycles. The number of anilines is 1. The van der Waals surface area contributed by atoms with Gasteiger partial charge in [0.25, 0.3) is 5.91 Å². The minimum atomic E-state index is -0.815. The molecule has 2 aromatic heterocycles. The van der Waals surface area contributed by atoms with Gasteiger partial charge in [0.05, 0.1) is 65.1 Å². The summed E-state index contributed by atoms with van der Waals surface area (Å²) >= 11 is 0. The maximum Gasteiger partial charge on any atom is 0.417 e. The SMILES string of the molecule is CN1CCOC2CN(c3ccn(-c4cc(-c5c(F)cccc5C#N)nc5c4C(=O)N(C(=O)OC(C)(C)C)C5)n3)C[C@@H]21. The zero-order valence-corrected chi connectivity index (χ0v) is 23.3. The summed E-state index contributed by atoms with van der Waals surface area (Å²) < 4.78 is 28.0. The van der Waals surface area contributed by atoms with Crippen molar-refractivity contribution in [3.05, 3.63) is 59.2 Å². The van der Waals surface area contributed by atoms with Crippen molar-refractivity contribution in [3.63, 3.8) is 0 Å². The normalized spacial score (nSPS) is 20.6. The molecule has 0 saturated carbocycles. The molecule has 0 bridgehead atoms. The van der Waals surface area contributed by atoms with Gasteiger partial charge in [-0.25, -0.2) is 23.8 Å². The Balaban J connectivity index is 1.43. The fraction of sp³-hybridized carbons (Fsp3) is 0.414. The second-order valence-corrected chi connectivity index (χ2v) is 11.5. The molecule has 41 heavy (non-hydrogen) atoms. The van der Waals surface area contributed by atoms with Crippen molar-refractivity contribution in [1.82, 2.24) is 24.6 Å². The van der Waals surface area contributed by atoms with Gasteiger partial charge in [-0.3, -0.25) is 9.69 Å². The molecule has 2 fully saturated rings. The maximum atomic E-state index is 15.1. The van der Waals surface area contributed by atoms with Crippen LogP contribution in [0.15, 0.2) is 36.5 Å². The predicted molar refractivity (Wildman–Crippen MR) is 146 cm³/mol. The highest BCUT2D eigenvalue weighted by atomic mass is 19.1. The number of carbonyl (C=O) groups is 2. The van der Waals surface area contributed by atoms with Crippen LogP contribution in [0.25, 0.3) is 16.9 Å². The third kappa shape index (κ3) is 4.81. The van der Waals surface area contributed by atoms with Gasteiger partial charge in [0, 0.05) is 31.9 Å². The van der Waals surface area contributed by atoms with Gasteiger partial charge in [-0.15, -0.1) is 0 Å². The lowest BCUT2D eigenvalue weighted by Crippen LogP contribution is -2.48. The number of fused-ring (bicyclic) bond motifs is 2. The van der Waals surface area contributed by atoms with Crippen LogP contribution in [0.5, 0.6) is 0 Å². The topological polar surface area (TPSA) is 117 Å². The van der Waals surface area contributed by atoms with E-state index < -0.39 is 23.4 Å². The average Bonchev–Trinajstić information content (AvgIpc) is 3.65. The van der Waals surface area contributed by atoms with Gasteiger partial charge in [0.2, 0.25) is 0 Å². The molecule has 212 valence electrons. The first-order valence-electron chi connectivity index (χ1n) is 13.4. The van der Waals surface area contributed by atoms with Crippen LogP contribution >= 0.6 is 0 Å². The summed E-state index contributed by atoms with van der Waals surface area (Å²) in [5.74, 6) is -0.515. The van der Waals surface area contributed by atoms with E-state index in [0.717, 1.165) is 18.0 Å². The molecule has 5 heterocycles. The summed E-state index contributed by atoms with van der Waals surface area (Å²) in [5.41, 5.74) is 0.210. The van der Waals surface area contributed by atoms with E-state index in [-0.39, 0.29) is 46.8 Å². The third-order valence-electron chi connectivity index (χ3n) is 7.57. The Morgan fingerprint density at radius 3 is 2.76 bits per heavy atom. The van der Waals surface area contributed by atoms with E-state index in [2.05, 4.69) is 21.8 Å². The zero-order valence-electron chi connectivity index (χ0n) is 23.3. The van der Waals surface area contributed by atoms with Crippen molar-refractivity contribution in [2.24, 2.45) is 0 Å². The summed E-state index contributed by atoms with van der Waals surface area (Å²) in [7, 11) is 2.09. The van der Waals surface area contributed by atoms with Crippen molar-refractivity contribution < 1.29 is 23.5 Å². The number of hydrogen-bond donors (Lipinski definition) is 0. The van der Waals surface area contributed by atoms with E-state index in [4.69, 9.17) is 14.6 Å². The summed E-state index contributed by atoms with van der Waals surface area (Å²) in [6.45, 7) is 7.95. The van der Waals surface area contributed by atoms with Crippen molar-refractivity contribution >= 4 is 17.8 Å². The molecule has 0 N–H and O–H groups in total. The minimum Gasteiger partial charge on any atom is -0.443 e. The van der Waals surface area contributed by atoms with Gasteiger partial charge in [0.15, 0.2) is 5.82 Å². The molecule has 1 unspecified atom stereocenters.